The number of piperidine rings is 1. The average Bonchev–Trinajstić information content (AvgIpc) is 2.40. The summed E-state index contributed by atoms with van der Waals surface area (Å²) in [6, 6.07) is 10.2. The molecule has 1 aromatic carbocycles. The normalized spacial score (nSPS) is 17.0. The van der Waals surface area contributed by atoms with Gasteiger partial charge in [-0.3, -0.25) is 9.69 Å². The predicted molar refractivity (Wildman–Crippen MR) is 71.4 cm³/mol. The molecule has 0 unspecified atom stereocenters. The van der Waals surface area contributed by atoms with E-state index in [1.165, 1.54) is 5.56 Å². The predicted octanol–water partition coefficient (Wildman–Crippen LogP) is 2.05. The maximum atomic E-state index is 10.9. The van der Waals surface area contributed by atoms with E-state index in [1.54, 1.807) is 0 Å². The summed E-state index contributed by atoms with van der Waals surface area (Å²) in [6.45, 7) is 2.50. The summed E-state index contributed by atoms with van der Waals surface area (Å²) in [4.78, 5) is 13.2. The number of carboxylic acids is 1. The Morgan fingerprint density at radius 3 is 2.68 bits per heavy atom. The van der Waals surface area contributed by atoms with Crippen molar-refractivity contribution in [2.75, 3.05) is 13.1 Å². The molecule has 0 saturated carbocycles. The summed E-state index contributed by atoms with van der Waals surface area (Å²) in [5.74, 6) is -0.850. The molecule has 1 heterocycles. The Labute approximate surface area is 113 Å². The van der Waals surface area contributed by atoms with E-state index in [0.29, 0.717) is 6.42 Å². The first kappa shape index (κ1) is 13.6. The van der Waals surface area contributed by atoms with Crippen LogP contribution in [0.1, 0.15) is 24.0 Å². The number of hydrogen-bond acceptors (Lipinski definition) is 3. The van der Waals surface area contributed by atoms with Gasteiger partial charge >= 0.3 is 5.97 Å². The molecule has 1 aliphatic rings. The third-order valence-electron chi connectivity index (χ3n) is 3.62. The van der Waals surface area contributed by atoms with Gasteiger partial charge < -0.3 is 5.11 Å². The fourth-order valence-corrected chi connectivity index (χ4v) is 2.53. The lowest BCUT2D eigenvalue weighted by Gasteiger charge is -2.30. The molecular formula is C15H18N2O2. The number of nitriles is 1. The maximum absolute atomic E-state index is 10.9. The first-order valence-electron chi connectivity index (χ1n) is 6.59. The molecule has 0 atom stereocenters. The number of carbonyl (C=O) groups is 1. The first-order valence-corrected chi connectivity index (χ1v) is 6.59. The van der Waals surface area contributed by atoms with Gasteiger partial charge in [-0.2, -0.15) is 5.26 Å². The van der Waals surface area contributed by atoms with E-state index in [0.717, 1.165) is 38.0 Å². The number of nitrogens with zero attached hydrogens (tertiary/aromatic N) is 2. The number of carboxylic acid groups (broad SMARTS) is 1. The lowest BCUT2D eigenvalue weighted by Crippen LogP contribution is -2.35. The van der Waals surface area contributed by atoms with Crippen LogP contribution in [0.25, 0.3) is 0 Å². The Bertz CT molecular complexity index is 485. The van der Waals surface area contributed by atoms with Gasteiger partial charge in [-0.05, 0) is 37.1 Å². The molecule has 100 valence electrons. The van der Waals surface area contributed by atoms with Crippen molar-refractivity contribution in [1.82, 2.24) is 4.90 Å². The van der Waals surface area contributed by atoms with Gasteiger partial charge in [0, 0.05) is 6.54 Å². The third kappa shape index (κ3) is 3.80. The van der Waals surface area contributed by atoms with E-state index in [2.05, 4.69) is 23.1 Å². The van der Waals surface area contributed by atoms with E-state index < -0.39 is 5.97 Å². The molecule has 0 amide bonds. The molecule has 1 saturated heterocycles. The lowest BCUT2D eigenvalue weighted by atomic mass is 9.96. The SMILES string of the molecule is N#CCc1cccc(CN2CCC(C(=O)O)CC2)c1. The fraction of sp³-hybridized carbons (Fsp3) is 0.467. The van der Waals surface area contributed by atoms with Gasteiger partial charge in [0.1, 0.15) is 0 Å². The Balaban J connectivity index is 1.90. The van der Waals surface area contributed by atoms with E-state index >= 15 is 0 Å². The van der Waals surface area contributed by atoms with Crippen LogP contribution in [0.2, 0.25) is 0 Å². The van der Waals surface area contributed by atoms with Gasteiger partial charge in [0.15, 0.2) is 0 Å². The smallest absolute Gasteiger partial charge is 0.306 e. The van der Waals surface area contributed by atoms with Crippen LogP contribution >= 0.6 is 0 Å². The lowest BCUT2D eigenvalue weighted by molar-refractivity contribution is -0.143. The molecule has 1 fully saturated rings. The van der Waals surface area contributed by atoms with Crippen molar-refractivity contribution in [2.45, 2.75) is 25.8 Å². The van der Waals surface area contributed by atoms with E-state index in [4.69, 9.17) is 10.4 Å². The van der Waals surface area contributed by atoms with Gasteiger partial charge in [-0.15, -0.1) is 0 Å². The Kier molecular flexibility index (Phi) is 4.53. The standard InChI is InChI=1S/C15H18N2O2/c16-7-4-12-2-1-3-13(10-12)11-17-8-5-14(6-9-17)15(18)19/h1-3,10,14H,4-6,8-9,11H2,(H,18,19). The number of aliphatic carboxylic acids is 1. The minimum Gasteiger partial charge on any atom is -0.481 e. The summed E-state index contributed by atoms with van der Waals surface area (Å²) < 4.78 is 0. The molecule has 0 aliphatic carbocycles. The highest BCUT2D eigenvalue weighted by atomic mass is 16.4. The molecule has 2 rings (SSSR count). The molecule has 4 heteroatoms. The van der Waals surface area contributed by atoms with Crippen LogP contribution in [0.15, 0.2) is 24.3 Å². The average molecular weight is 258 g/mol. The summed E-state index contributed by atoms with van der Waals surface area (Å²) >= 11 is 0. The quantitative estimate of drug-likeness (QED) is 0.897. The Morgan fingerprint density at radius 1 is 1.37 bits per heavy atom. The third-order valence-corrected chi connectivity index (χ3v) is 3.62. The molecule has 0 bridgehead atoms. The second kappa shape index (κ2) is 6.35. The van der Waals surface area contributed by atoms with Crippen molar-refractivity contribution in [2.24, 2.45) is 5.92 Å². The fourth-order valence-electron chi connectivity index (χ4n) is 2.53. The van der Waals surface area contributed by atoms with Crippen LogP contribution in [0, 0.1) is 17.2 Å². The second-order valence-electron chi connectivity index (χ2n) is 5.04. The first-order chi connectivity index (χ1) is 9.19. The number of likely N-dealkylation sites (tertiary alicyclic amines) is 1. The minimum atomic E-state index is -0.671. The molecule has 0 spiro atoms. The van der Waals surface area contributed by atoms with Crippen LogP contribution in [-0.2, 0) is 17.8 Å². The van der Waals surface area contributed by atoms with Gasteiger partial charge in [0.2, 0.25) is 0 Å². The zero-order valence-corrected chi connectivity index (χ0v) is 10.9. The minimum absolute atomic E-state index is 0.179. The van der Waals surface area contributed by atoms with Gasteiger partial charge in [-0.25, -0.2) is 0 Å². The van der Waals surface area contributed by atoms with Crippen molar-refractivity contribution in [3.63, 3.8) is 0 Å². The summed E-state index contributed by atoms with van der Waals surface area (Å²) in [5, 5.41) is 17.7. The van der Waals surface area contributed by atoms with Crippen molar-refractivity contribution in [1.29, 1.82) is 5.26 Å². The van der Waals surface area contributed by atoms with E-state index in [9.17, 15) is 4.79 Å². The second-order valence-corrected chi connectivity index (χ2v) is 5.04. The summed E-state index contributed by atoms with van der Waals surface area (Å²) in [5.41, 5.74) is 2.24. The van der Waals surface area contributed by atoms with Gasteiger partial charge in [-0.1, -0.05) is 24.3 Å². The number of benzene rings is 1. The van der Waals surface area contributed by atoms with Crippen molar-refractivity contribution in [3.05, 3.63) is 35.4 Å². The topological polar surface area (TPSA) is 64.3 Å². The molecule has 1 aliphatic heterocycles. The van der Waals surface area contributed by atoms with Crippen LogP contribution in [0.3, 0.4) is 0 Å². The number of hydrogen-bond donors (Lipinski definition) is 1. The van der Waals surface area contributed by atoms with Crippen molar-refractivity contribution >= 4 is 5.97 Å². The van der Waals surface area contributed by atoms with Crippen LogP contribution in [0.4, 0.5) is 0 Å². The van der Waals surface area contributed by atoms with Crippen LogP contribution in [0.5, 0.6) is 0 Å². The molecule has 0 aromatic heterocycles. The van der Waals surface area contributed by atoms with Gasteiger partial charge in [0.05, 0.1) is 18.4 Å². The Morgan fingerprint density at radius 2 is 2.05 bits per heavy atom. The zero-order valence-electron chi connectivity index (χ0n) is 10.9. The largest absolute Gasteiger partial charge is 0.481 e. The van der Waals surface area contributed by atoms with E-state index in [1.807, 2.05) is 12.1 Å². The summed E-state index contributed by atoms with van der Waals surface area (Å²) in [7, 11) is 0. The maximum Gasteiger partial charge on any atom is 0.306 e. The monoisotopic (exact) mass is 258 g/mol. The highest BCUT2D eigenvalue weighted by Crippen LogP contribution is 2.19. The van der Waals surface area contributed by atoms with E-state index in [-0.39, 0.29) is 5.92 Å². The van der Waals surface area contributed by atoms with Crippen LogP contribution in [-0.4, -0.2) is 29.1 Å². The molecule has 1 N–H and O–H groups in total. The highest BCUT2D eigenvalue weighted by Gasteiger charge is 2.24. The molecular weight excluding hydrogens is 240 g/mol. The van der Waals surface area contributed by atoms with Crippen molar-refractivity contribution < 1.29 is 9.90 Å². The number of rotatable bonds is 4. The molecule has 1 aromatic rings. The van der Waals surface area contributed by atoms with Crippen LogP contribution < -0.4 is 0 Å². The zero-order chi connectivity index (χ0) is 13.7. The highest BCUT2D eigenvalue weighted by molar-refractivity contribution is 5.70. The molecule has 0 radical (unpaired) electrons. The molecule has 19 heavy (non-hydrogen) atoms. The molecule has 4 nitrogen and oxygen atoms in total. The summed E-state index contributed by atoms with van der Waals surface area (Å²) in [6.07, 6.45) is 1.90. The van der Waals surface area contributed by atoms with Gasteiger partial charge in [0.25, 0.3) is 0 Å². The Hall–Kier alpha value is -1.86. The van der Waals surface area contributed by atoms with Crippen molar-refractivity contribution in [3.8, 4) is 6.07 Å².